The molecule has 0 aliphatic carbocycles. The molecule has 0 atom stereocenters. The number of hydrogen-bond donors (Lipinski definition) is 1. The summed E-state index contributed by atoms with van der Waals surface area (Å²) in [5.74, 6) is 0.242. The number of hydrogen-bond acceptors (Lipinski definition) is 3. The Kier molecular flexibility index (Phi) is 6.63. The molecule has 0 aliphatic rings. The van der Waals surface area contributed by atoms with E-state index in [1.54, 1.807) is 7.11 Å². The molecule has 0 aromatic heterocycles. The zero-order valence-electron chi connectivity index (χ0n) is 10.9. The third-order valence-electron chi connectivity index (χ3n) is 2.78. The summed E-state index contributed by atoms with van der Waals surface area (Å²) in [6.45, 7) is 6.78. The fraction of sp³-hybridized carbons (Fsp3) is 0.538. The lowest BCUT2D eigenvalue weighted by Gasteiger charge is -2.26. The van der Waals surface area contributed by atoms with Crippen LogP contribution in [-0.4, -0.2) is 36.3 Å². The summed E-state index contributed by atoms with van der Waals surface area (Å²) in [6, 6.07) is 4.34. The third-order valence-corrected chi connectivity index (χ3v) is 3.98. The molecule has 1 rings (SSSR count). The molecule has 0 radical (unpaired) electrons. The van der Waals surface area contributed by atoms with E-state index in [-0.39, 0.29) is 5.75 Å². The van der Waals surface area contributed by atoms with E-state index in [0.29, 0.717) is 15.0 Å². The molecule has 0 unspecified atom stereocenters. The summed E-state index contributed by atoms with van der Waals surface area (Å²) >= 11 is 6.71. The SMILES string of the molecule is COCCN(Cc1cc(Br)c(O)c(Br)c1)C(C)C. The van der Waals surface area contributed by atoms with E-state index >= 15 is 0 Å². The van der Waals surface area contributed by atoms with Crippen LogP contribution < -0.4 is 0 Å². The van der Waals surface area contributed by atoms with E-state index in [9.17, 15) is 5.11 Å². The first kappa shape index (κ1) is 16.0. The van der Waals surface area contributed by atoms with Crippen molar-refractivity contribution in [1.82, 2.24) is 4.90 Å². The van der Waals surface area contributed by atoms with Crippen LogP contribution in [0.15, 0.2) is 21.1 Å². The van der Waals surface area contributed by atoms with Gasteiger partial charge in [-0.2, -0.15) is 0 Å². The lowest BCUT2D eigenvalue weighted by Crippen LogP contribution is -2.33. The third kappa shape index (κ3) is 4.53. The smallest absolute Gasteiger partial charge is 0.143 e. The van der Waals surface area contributed by atoms with Gasteiger partial charge in [0.2, 0.25) is 0 Å². The Morgan fingerprint density at radius 2 is 1.83 bits per heavy atom. The number of benzene rings is 1. The topological polar surface area (TPSA) is 32.7 Å². The summed E-state index contributed by atoms with van der Waals surface area (Å²) in [5.41, 5.74) is 1.15. The first-order chi connectivity index (χ1) is 8.45. The molecular formula is C13H19Br2NO2. The summed E-state index contributed by atoms with van der Waals surface area (Å²) in [6.07, 6.45) is 0. The van der Waals surface area contributed by atoms with Crippen molar-refractivity contribution in [2.45, 2.75) is 26.4 Å². The van der Waals surface area contributed by atoms with Crippen LogP contribution in [-0.2, 0) is 11.3 Å². The summed E-state index contributed by atoms with van der Waals surface area (Å²) in [7, 11) is 1.71. The van der Waals surface area contributed by atoms with Crippen LogP contribution >= 0.6 is 31.9 Å². The van der Waals surface area contributed by atoms with Gasteiger partial charge in [0, 0.05) is 26.2 Å². The molecule has 0 saturated carbocycles. The summed E-state index contributed by atoms with van der Waals surface area (Å²) < 4.78 is 6.55. The Morgan fingerprint density at radius 3 is 2.28 bits per heavy atom. The van der Waals surface area contributed by atoms with Crippen molar-refractivity contribution < 1.29 is 9.84 Å². The second kappa shape index (κ2) is 7.48. The molecule has 0 bridgehead atoms. The highest BCUT2D eigenvalue weighted by atomic mass is 79.9. The second-order valence-corrected chi connectivity index (χ2v) is 6.17. The largest absolute Gasteiger partial charge is 0.506 e. The van der Waals surface area contributed by atoms with Gasteiger partial charge >= 0.3 is 0 Å². The number of halogens is 2. The summed E-state index contributed by atoms with van der Waals surface area (Å²) in [5, 5.41) is 9.69. The molecule has 0 amide bonds. The molecule has 0 heterocycles. The van der Waals surface area contributed by atoms with E-state index < -0.39 is 0 Å². The zero-order chi connectivity index (χ0) is 13.7. The Morgan fingerprint density at radius 1 is 1.28 bits per heavy atom. The summed E-state index contributed by atoms with van der Waals surface area (Å²) in [4.78, 5) is 2.33. The van der Waals surface area contributed by atoms with E-state index in [0.717, 1.165) is 25.3 Å². The van der Waals surface area contributed by atoms with E-state index in [1.807, 2.05) is 12.1 Å². The van der Waals surface area contributed by atoms with Gasteiger partial charge in [-0.3, -0.25) is 4.90 Å². The number of phenols is 1. The quantitative estimate of drug-likeness (QED) is 0.815. The number of phenolic OH excluding ortho intramolecular Hbond substituents is 1. The maximum absolute atomic E-state index is 9.69. The van der Waals surface area contributed by atoms with Gasteiger partial charge in [0.25, 0.3) is 0 Å². The average Bonchev–Trinajstić information content (AvgIpc) is 2.30. The van der Waals surface area contributed by atoms with Crippen LogP contribution in [0.1, 0.15) is 19.4 Å². The van der Waals surface area contributed by atoms with Crippen LogP contribution in [0.5, 0.6) is 5.75 Å². The number of aromatic hydroxyl groups is 1. The van der Waals surface area contributed by atoms with Crippen molar-refractivity contribution in [2.24, 2.45) is 0 Å². The van der Waals surface area contributed by atoms with Crippen LogP contribution in [0.3, 0.4) is 0 Å². The Bertz CT molecular complexity index is 374. The molecule has 5 heteroatoms. The van der Waals surface area contributed by atoms with Crippen molar-refractivity contribution >= 4 is 31.9 Å². The Balaban J connectivity index is 2.80. The molecule has 0 fully saturated rings. The van der Waals surface area contributed by atoms with Crippen molar-refractivity contribution in [3.63, 3.8) is 0 Å². The zero-order valence-corrected chi connectivity index (χ0v) is 14.1. The molecule has 0 spiro atoms. The van der Waals surface area contributed by atoms with Crippen molar-refractivity contribution in [2.75, 3.05) is 20.3 Å². The first-order valence-corrected chi connectivity index (χ1v) is 7.44. The van der Waals surface area contributed by atoms with Crippen LogP contribution in [0, 0.1) is 0 Å². The lowest BCUT2D eigenvalue weighted by atomic mass is 10.2. The highest BCUT2D eigenvalue weighted by Gasteiger charge is 2.12. The molecule has 3 nitrogen and oxygen atoms in total. The minimum atomic E-state index is 0.242. The van der Waals surface area contributed by atoms with Gasteiger partial charge in [-0.25, -0.2) is 0 Å². The predicted octanol–water partition coefficient (Wildman–Crippen LogP) is 3.77. The van der Waals surface area contributed by atoms with Crippen molar-refractivity contribution in [3.05, 3.63) is 26.6 Å². The van der Waals surface area contributed by atoms with E-state index in [4.69, 9.17) is 4.74 Å². The monoisotopic (exact) mass is 379 g/mol. The molecule has 1 aromatic rings. The first-order valence-electron chi connectivity index (χ1n) is 5.85. The highest BCUT2D eigenvalue weighted by molar-refractivity contribution is 9.11. The van der Waals surface area contributed by atoms with Crippen molar-refractivity contribution in [3.8, 4) is 5.75 Å². The molecule has 0 saturated heterocycles. The number of methoxy groups -OCH3 is 1. The second-order valence-electron chi connectivity index (χ2n) is 4.47. The maximum Gasteiger partial charge on any atom is 0.143 e. The van der Waals surface area contributed by atoms with Gasteiger partial charge in [-0.1, -0.05) is 0 Å². The molecule has 0 aliphatic heterocycles. The van der Waals surface area contributed by atoms with Gasteiger partial charge in [-0.05, 0) is 63.4 Å². The Labute approximate surface area is 125 Å². The van der Waals surface area contributed by atoms with Crippen LogP contribution in [0.4, 0.5) is 0 Å². The van der Waals surface area contributed by atoms with Gasteiger partial charge in [0.15, 0.2) is 0 Å². The van der Waals surface area contributed by atoms with Gasteiger partial charge < -0.3 is 9.84 Å². The highest BCUT2D eigenvalue weighted by Crippen LogP contribution is 2.33. The maximum atomic E-state index is 9.69. The van der Waals surface area contributed by atoms with Gasteiger partial charge in [0.1, 0.15) is 5.75 Å². The standard InChI is InChI=1S/C13H19Br2NO2/c1-9(2)16(4-5-18-3)8-10-6-11(14)13(17)12(15)7-10/h6-7,9,17H,4-5,8H2,1-3H3. The number of ether oxygens (including phenoxy) is 1. The van der Waals surface area contributed by atoms with E-state index in [1.165, 1.54) is 0 Å². The fourth-order valence-corrected chi connectivity index (χ4v) is 2.95. The van der Waals surface area contributed by atoms with E-state index in [2.05, 4.69) is 50.6 Å². The molecule has 1 N–H and O–H groups in total. The number of nitrogens with zero attached hydrogens (tertiary/aromatic N) is 1. The van der Waals surface area contributed by atoms with Crippen molar-refractivity contribution in [1.29, 1.82) is 0 Å². The Hall–Kier alpha value is -0.100. The molecule has 18 heavy (non-hydrogen) atoms. The molecular weight excluding hydrogens is 362 g/mol. The average molecular weight is 381 g/mol. The van der Waals surface area contributed by atoms with Gasteiger partial charge in [0.05, 0.1) is 15.6 Å². The molecule has 1 aromatic carbocycles. The molecule has 102 valence electrons. The minimum absolute atomic E-state index is 0.242. The predicted molar refractivity (Wildman–Crippen MR) is 80.9 cm³/mol. The minimum Gasteiger partial charge on any atom is -0.506 e. The van der Waals surface area contributed by atoms with Crippen LogP contribution in [0.25, 0.3) is 0 Å². The number of rotatable bonds is 6. The van der Waals surface area contributed by atoms with Gasteiger partial charge in [-0.15, -0.1) is 0 Å². The fourth-order valence-electron chi connectivity index (χ4n) is 1.67. The van der Waals surface area contributed by atoms with Crippen LogP contribution in [0.2, 0.25) is 0 Å². The lowest BCUT2D eigenvalue weighted by molar-refractivity contribution is 0.125. The normalized spacial score (nSPS) is 11.5.